The summed E-state index contributed by atoms with van der Waals surface area (Å²) in [5, 5.41) is 2.23. The Hall–Kier alpha value is -0.380. The smallest absolute Gasteiger partial charge is 0.0305 e. The molecular weight excluding hydrogens is 216 g/mol. The normalized spacial score (nSPS) is 23.8. The highest BCUT2D eigenvalue weighted by Crippen LogP contribution is 2.38. The number of rotatable bonds is 4. The topological polar surface area (TPSA) is 38.0 Å². The van der Waals surface area contributed by atoms with Crippen LogP contribution in [0, 0.1) is 5.92 Å². The van der Waals surface area contributed by atoms with Crippen molar-refractivity contribution in [2.75, 3.05) is 0 Å². The lowest BCUT2D eigenvalue weighted by atomic mass is 9.77. The molecule has 0 aliphatic heterocycles. The number of thiophene rings is 1. The van der Waals surface area contributed by atoms with Crippen LogP contribution in [0.3, 0.4) is 0 Å². The summed E-state index contributed by atoms with van der Waals surface area (Å²) in [4.78, 5) is 1.58. The molecule has 3 heteroatoms. The number of hydrogen-bond acceptors (Lipinski definition) is 3. The van der Waals surface area contributed by atoms with E-state index in [1.807, 2.05) is 11.3 Å². The molecule has 2 nitrogen and oxygen atoms in total. The Morgan fingerprint density at radius 2 is 2.44 bits per heavy atom. The predicted octanol–water partition coefficient (Wildman–Crippen LogP) is 3.05. The van der Waals surface area contributed by atoms with Gasteiger partial charge in [0, 0.05) is 16.8 Å². The maximum atomic E-state index is 5.76. The average molecular weight is 238 g/mol. The molecule has 1 aromatic rings. The Morgan fingerprint density at radius 1 is 1.62 bits per heavy atom. The molecule has 3 unspecified atom stereocenters. The summed E-state index contributed by atoms with van der Waals surface area (Å²) in [7, 11) is 0. The van der Waals surface area contributed by atoms with E-state index < -0.39 is 0 Å². The first kappa shape index (κ1) is 12.1. The molecule has 1 aliphatic rings. The summed E-state index contributed by atoms with van der Waals surface area (Å²) in [6.45, 7) is 4.54. The van der Waals surface area contributed by atoms with Crippen molar-refractivity contribution in [3.63, 3.8) is 0 Å². The third kappa shape index (κ3) is 2.17. The SMILES string of the molecule is CCC(C)C(NN)C1CCCc2sccc21. The first-order chi connectivity index (χ1) is 7.77. The van der Waals surface area contributed by atoms with Gasteiger partial charge in [-0.1, -0.05) is 20.3 Å². The van der Waals surface area contributed by atoms with Gasteiger partial charge in [0.1, 0.15) is 0 Å². The van der Waals surface area contributed by atoms with Crippen molar-refractivity contribution in [1.82, 2.24) is 5.43 Å². The molecule has 1 aliphatic carbocycles. The lowest BCUT2D eigenvalue weighted by molar-refractivity contribution is 0.300. The van der Waals surface area contributed by atoms with E-state index in [-0.39, 0.29) is 0 Å². The largest absolute Gasteiger partial charge is 0.271 e. The van der Waals surface area contributed by atoms with Crippen LogP contribution < -0.4 is 11.3 Å². The van der Waals surface area contributed by atoms with Crippen molar-refractivity contribution in [2.45, 2.75) is 51.5 Å². The van der Waals surface area contributed by atoms with Gasteiger partial charge in [0.2, 0.25) is 0 Å². The molecular formula is C13H22N2S. The van der Waals surface area contributed by atoms with E-state index >= 15 is 0 Å². The minimum Gasteiger partial charge on any atom is -0.271 e. The van der Waals surface area contributed by atoms with Crippen LogP contribution in [0.1, 0.15) is 49.5 Å². The molecule has 2 rings (SSSR count). The van der Waals surface area contributed by atoms with Gasteiger partial charge in [0.15, 0.2) is 0 Å². The van der Waals surface area contributed by atoms with Crippen molar-refractivity contribution in [1.29, 1.82) is 0 Å². The van der Waals surface area contributed by atoms with Gasteiger partial charge in [-0.05, 0) is 42.2 Å². The monoisotopic (exact) mass is 238 g/mol. The average Bonchev–Trinajstić information content (AvgIpc) is 2.78. The predicted molar refractivity (Wildman–Crippen MR) is 70.6 cm³/mol. The molecule has 0 bridgehead atoms. The van der Waals surface area contributed by atoms with E-state index in [9.17, 15) is 0 Å². The van der Waals surface area contributed by atoms with Gasteiger partial charge in [-0.3, -0.25) is 11.3 Å². The van der Waals surface area contributed by atoms with Gasteiger partial charge in [-0.25, -0.2) is 0 Å². The van der Waals surface area contributed by atoms with Crippen LogP contribution in [-0.4, -0.2) is 6.04 Å². The number of hydrazine groups is 1. The van der Waals surface area contributed by atoms with Crippen LogP contribution in [-0.2, 0) is 6.42 Å². The fourth-order valence-corrected chi connectivity index (χ4v) is 3.82. The van der Waals surface area contributed by atoms with Crippen LogP contribution in [0.5, 0.6) is 0 Å². The minimum atomic E-state index is 0.429. The Labute approximate surface area is 102 Å². The van der Waals surface area contributed by atoms with Gasteiger partial charge >= 0.3 is 0 Å². The van der Waals surface area contributed by atoms with E-state index in [1.54, 1.807) is 10.4 Å². The van der Waals surface area contributed by atoms with Gasteiger partial charge < -0.3 is 0 Å². The van der Waals surface area contributed by atoms with Crippen molar-refractivity contribution in [3.8, 4) is 0 Å². The molecule has 0 spiro atoms. The first-order valence-corrected chi connectivity index (χ1v) is 7.18. The van der Waals surface area contributed by atoms with Crippen molar-refractivity contribution >= 4 is 11.3 Å². The minimum absolute atomic E-state index is 0.429. The molecule has 16 heavy (non-hydrogen) atoms. The molecule has 1 aromatic heterocycles. The van der Waals surface area contributed by atoms with Crippen LogP contribution >= 0.6 is 11.3 Å². The highest BCUT2D eigenvalue weighted by molar-refractivity contribution is 7.10. The second-order valence-electron chi connectivity index (χ2n) is 4.88. The Morgan fingerprint density at radius 3 is 3.12 bits per heavy atom. The summed E-state index contributed by atoms with van der Waals surface area (Å²) in [5.74, 6) is 7.02. The number of nitrogens with one attached hydrogen (secondary N) is 1. The Bertz CT molecular complexity index is 334. The van der Waals surface area contributed by atoms with Crippen molar-refractivity contribution < 1.29 is 0 Å². The molecule has 3 N–H and O–H groups in total. The molecule has 0 amide bonds. The third-order valence-electron chi connectivity index (χ3n) is 3.98. The van der Waals surface area contributed by atoms with Crippen molar-refractivity contribution in [2.24, 2.45) is 11.8 Å². The highest BCUT2D eigenvalue weighted by Gasteiger charge is 2.30. The fourth-order valence-electron chi connectivity index (χ4n) is 2.83. The number of hydrogen-bond donors (Lipinski definition) is 2. The summed E-state index contributed by atoms with van der Waals surface area (Å²) in [5.41, 5.74) is 4.61. The maximum Gasteiger partial charge on any atom is 0.0305 e. The number of fused-ring (bicyclic) bond motifs is 1. The molecule has 0 saturated heterocycles. The molecule has 90 valence electrons. The summed E-state index contributed by atoms with van der Waals surface area (Å²) >= 11 is 1.91. The zero-order valence-corrected chi connectivity index (χ0v) is 11.0. The van der Waals surface area contributed by atoms with E-state index in [4.69, 9.17) is 5.84 Å². The van der Waals surface area contributed by atoms with E-state index in [1.165, 1.54) is 25.7 Å². The second-order valence-corrected chi connectivity index (χ2v) is 5.88. The van der Waals surface area contributed by atoms with Crippen molar-refractivity contribution in [3.05, 3.63) is 21.9 Å². The van der Waals surface area contributed by atoms with Crippen LogP contribution in [0.25, 0.3) is 0 Å². The fraction of sp³-hybridized carbons (Fsp3) is 0.692. The summed E-state index contributed by atoms with van der Waals surface area (Å²) in [6, 6.07) is 2.73. The van der Waals surface area contributed by atoms with Gasteiger partial charge in [0.25, 0.3) is 0 Å². The van der Waals surface area contributed by atoms with E-state index in [0.717, 1.165) is 0 Å². The Balaban J connectivity index is 2.22. The zero-order valence-electron chi connectivity index (χ0n) is 10.2. The maximum absolute atomic E-state index is 5.76. The molecule has 0 radical (unpaired) electrons. The number of aryl methyl sites for hydroxylation is 1. The standard InChI is InChI=1S/C13H22N2S/c1-3-9(2)13(15-14)11-5-4-6-12-10(11)7-8-16-12/h7-9,11,13,15H,3-6,14H2,1-2H3. The molecule has 0 saturated carbocycles. The second kappa shape index (κ2) is 5.30. The van der Waals surface area contributed by atoms with Gasteiger partial charge in [-0.15, -0.1) is 11.3 Å². The number of nitrogens with two attached hydrogens (primary N) is 1. The van der Waals surface area contributed by atoms with E-state index in [0.29, 0.717) is 17.9 Å². The molecule has 0 aromatic carbocycles. The lowest BCUT2D eigenvalue weighted by Crippen LogP contribution is -2.44. The summed E-state index contributed by atoms with van der Waals surface area (Å²) < 4.78 is 0. The molecule has 3 atom stereocenters. The third-order valence-corrected chi connectivity index (χ3v) is 4.98. The van der Waals surface area contributed by atoms with Gasteiger partial charge in [0.05, 0.1) is 0 Å². The Kier molecular flexibility index (Phi) is 4.00. The highest BCUT2D eigenvalue weighted by atomic mass is 32.1. The summed E-state index contributed by atoms with van der Waals surface area (Å²) in [6.07, 6.45) is 5.04. The molecule has 1 heterocycles. The molecule has 0 fully saturated rings. The van der Waals surface area contributed by atoms with Gasteiger partial charge in [-0.2, -0.15) is 0 Å². The van der Waals surface area contributed by atoms with Crippen LogP contribution in [0.2, 0.25) is 0 Å². The first-order valence-electron chi connectivity index (χ1n) is 6.30. The van der Waals surface area contributed by atoms with E-state index in [2.05, 4.69) is 30.7 Å². The lowest BCUT2D eigenvalue weighted by Gasteiger charge is -2.33. The van der Waals surface area contributed by atoms with Crippen LogP contribution in [0.4, 0.5) is 0 Å². The zero-order chi connectivity index (χ0) is 11.5. The van der Waals surface area contributed by atoms with Crippen LogP contribution in [0.15, 0.2) is 11.4 Å². The quantitative estimate of drug-likeness (QED) is 0.625.